The molecule has 0 saturated carbocycles. The maximum atomic E-state index is 13.2. The van der Waals surface area contributed by atoms with Crippen molar-refractivity contribution < 1.29 is 33.3 Å². The van der Waals surface area contributed by atoms with Gasteiger partial charge < -0.3 is 0 Å². The number of hydrogen-bond acceptors (Lipinski definition) is 9. The predicted molar refractivity (Wildman–Crippen MR) is 146 cm³/mol. The van der Waals surface area contributed by atoms with E-state index >= 15 is 0 Å². The minimum absolute atomic E-state index is 0.151. The van der Waals surface area contributed by atoms with Crippen LogP contribution in [0.3, 0.4) is 0 Å². The second kappa shape index (κ2) is 12.7. The van der Waals surface area contributed by atoms with E-state index in [1.54, 1.807) is 91.0 Å². The van der Waals surface area contributed by atoms with Gasteiger partial charge in [0, 0.05) is 0 Å². The number of carbonyl (C=O) groups is 3. The molecule has 1 aliphatic heterocycles. The molecule has 0 N–H and O–H groups in total. The molecule has 1 aliphatic rings. The summed E-state index contributed by atoms with van der Waals surface area (Å²) in [7, 11) is 0. The average Bonchev–Trinajstić information content (AvgIpc) is 3.33. The summed E-state index contributed by atoms with van der Waals surface area (Å²) in [5, 5.41) is 0. The van der Waals surface area contributed by atoms with Crippen molar-refractivity contribution in [3.63, 3.8) is 0 Å². The number of carbonyl (C=O) groups excluding carboxylic acids is 3. The fourth-order valence-corrected chi connectivity index (χ4v) is 4.81. The fraction of sp³-hybridized carbons (Fsp3) is 0.167. The molecule has 4 aromatic rings. The average molecular weight is 618 g/mol. The summed E-state index contributed by atoms with van der Waals surface area (Å²) in [5.74, 6) is -2.00. The molecule has 2 heterocycles. The van der Waals surface area contributed by atoms with Crippen LogP contribution in [-0.2, 0) is 18.9 Å². The number of rotatable bonds is 8. The Morgan fingerprint density at radius 3 is 1.73 bits per heavy atom. The first-order valence-corrected chi connectivity index (χ1v) is 13.4. The molecule has 3 aromatic carbocycles. The zero-order chi connectivity index (χ0) is 28.8. The molecular weight excluding hydrogens is 595 g/mol. The van der Waals surface area contributed by atoms with Crippen LogP contribution in [-0.4, -0.2) is 68.4 Å². The number of hydrogen-bond donors (Lipinski definition) is 0. The topological polar surface area (TPSA) is 123 Å². The molecule has 0 bridgehead atoms. The molecule has 0 amide bonds. The van der Waals surface area contributed by atoms with Gasteiger partial charge in [-0.2, -0.15) is 0 Å². The molecule has 1 saturated heterocycles. The van der Waals surface area contributed by atoms with Gasteiger partial charge in [0.25, 0.3) is 0 Å². The van der Waals surface area contributed by atoms with E-state index in [2.05, 4.69) is 21.0 Å². The van der Waals surface area contributed by atoms with Crippen molar-refractivity contribution in [1.82, 2.24) is 9.55 Å². The van der Waals surface area contributed by atoms with Gasteiger partial charge in [-0.15, -0.1) is 0 Å². The molecule has 0 spiro atoms. The van der Waals surface area contributed by atoms with Gasteiger partial charge >= 0.3 is 243 Å². The van der Waals surface area contributed by atoms with E-state index in [1.807, 2.05) is 0 Å². The SMILES string of the molecule is O=C(OCC1OC(n2ccc(=O)nc2[Se])C(OC(=O)c2ccccc2)C1OC(=O)c1ccccc1)c1ccccc1. The Labute approximate surface area is 242 Å². The summed E-state index contributed by atoms with van der Waals surface area (Å²) in [6.07, 6.45) is -3.15. The second-order valence-electron chi connectivity index (χ2n) is 8.96. The number of nitrogens with zero attached hydrogens (tertiary/aromatic N) is 2. The van der Waals surface area contributed by atoms with Crippen molar-refractivity contribution in [2.45, 2.75) is 24.5 Å². The number of aromatic nitrogens is 2. The Hall–Kier alpha value is -4.57. The first kappa shape index (κ1) is 28.0. The van der Waals surface area contributed by atoms with Crippen molar-refractivity contribution in [1.29, 1.82) is 0 Å². The minimum atomic E-state index is -1.22. The third-order valence-electron chi connectivity index (χ3n) is 6.26. The zero-order valence-corrected chi connectivity index (χ0v) is 23.1. The summed E-state index contributed by atoms with van der Waals surface area (Å²) >= 11 is 2.70. The van der Waals surface area contributed by atoms with Crippen LogP contribution >= 0.6 is 0 Å². The van der Waals surface area contributed by atoms with Crippen molar-refractivity contribution in [2.75, 3.05) is 6.61 Å². The molecule has 10 nitrogen and oxygen atoms in total. The Morgan fingerprint density at radius 1 is 0.732 bits per heavy atom. The molecule has 4 atom stereocenters. The molecule has 4 unspecified atom stereocenters. The zero-order valence-electron chi connectivity index (χ0n) is 21.4. The molecule has 207 valence electrons. The summed E-state index contributed by atoms with van der Waals surface area (Å²) in [4.78, 5) is 54.8. The van der Waals surface area contributed by atoms with Crippen molar-refractivity contribution >= 4 is 38.6 Å². The van der Waals surface area contributed by atoms with Gasteiger partial charge in [0.15, 0.2) is 0 Å². The first-order chi connectivity index (χ1) is 19.9. The standard InChI is InChI=1S/C30H23N2O8Se/c33-23-16-17-32(30(41)31-23)26-25(40-29(36)21-14-8-3-9-15-21)24(39-28(35)20-12-6-2-7-13-20)22(38-26)18-37-27(34)19-10-4-1-5-11-19/h1-17,22,24-26H,18H2. The molecule has 5 rings (SSSR count). The van der Waals surface area contributed by atoms with E-state index in [1.165, 1.54) is 16.8 Å². The summed E-state index contributed by atoms with van der Waals surface area (Å²) < 4.78 is 25.1. The van der Waals surface area contributed by atoms with Crippen molar-refractivity contribution in [3.8, 4) is 0 Å². The molecule has 1 fully saturated rings. The fourth-order valence-electron chi connectivity index (χ4n) is 4.27. The van der Waals surface area contributed by atoms with Gasteiger partial charge in [-0.3, -0.25) is 0 Å². The van der Waals surface area contributed by atoms with Crippen LogP contribution in [0.2, 0.25) is 0 Å². The molecule has 41 heavy (non-hydrogen) atoms. The first-order valence-electron chi connectivity index (χ1n) is 12.6. The Bertz CT molecular complexity index is 1580. The second-order valence-corrected chi connectivity index (χ2v) is 9.72. The van der Waals surface area contributed by atoms with Crippen LogP contribution in [0.15, 0.2) is 108 Å². The van der Waals surface area contributed by atoms with Crippen LogP contribution in [0.1, 0.15) is 37.3 Å². The number of esters is 3. The van der Waals surface area contributed by atoms with Gasteiger partial charge in [0.1, 0.15) is 0 Å². The Kier molecular flexibility index (Phi) is 8.69. The summed E-state index contributed by atoms with van der Waals surface area (Å²) in [5.41, 5.74) is 0.353. The monoisotopic (exact) mass is 619 g/mol. The molecule has 11 heteroatoms. The van der Waals surface area contributed by atoms with E-state index in [4.69, 9.17) is 18.9 Å². The molecule has 0 aliphatic carbocycles. The maximum absolute atomic E-state index is 13.2. The summed E-state index contributed by atoms with van der Waals surface area (Å²) in [6, 6.07) is 26.1. The van der Waals surface area contributed by atoms with Crippen molar-refractivity contribution in [3.05, 3.63) is 130 Å². The quantitative estimate of drug-likeness (QED) is 0.166. The van der Waals surface area contributed by atoms with E-state index in [9.17, 15) is 19.2 Å². The third-order valence-corrected chi connectivity index (χ3v) is 6.89. The number of benzene rings is 3. The third kappa shape index (κ3) is 6.60. The van der Waals surface area contributed by atoms with Crippen LogP contribution < -0.4 is 10.3 Å². The van der Waals surface area contributed by atoms with Crippen LogP contribution in [0.5, 0.6) is 0 Å². The van der Waals surface area contributed by atoms with E-state index < -0.39 is 48.0 Å². The normalized spacial score (nSPS) is 19.7. The van der Waals surface area contributed by atoms with E-state index in [0.29, 0.717) is 5.56 Å². The summed E-state index contributed by atoms with van der Waals surface area (Å²) in [6.45, 7) is -0.327. The predicted octanol–water partition coefficient (Wildman–Crippen LogP) is 2.24. The molecule has 1 aromatic heterocycles. The van der Waals surface area contributed by atoms with E-state index in [-0.39, 0.29) is 22.5 Å². The van der Waals surface area contributed by atoms with Crippen LogP contribution in [0, 0.1) is 0 Å². The Balaban J connectivity index is 1.49. The molecular formula is C30H23N2O8Se. The number of ether oxygens (including phenoxy) is 4. The van der Waals surface area contributed by atoms with Gasteiger partial charge in [-0.05, 0) is 0 Å². The van der Waals surface area contributed by atoms with Crippen LogP contribution in [0.25, 0.3) is 0 Å². The van der Waals surface area contributed by atoms with Gasteiger partial charge in [0.05, 0.1) is 0 Å². The van der Waals surface area contributed by atoms with Gasteiger partial charge in [-0.25, -0.2) is 0 Å². The van der Waals surface area contributed by atoms with Gasteiger partial charge in [-0.1, -0.05) is 0 Å². The van der Waals surface area contributed by atoms with E-state index in [0.717, 1.165) is 0 Å². The molecule has 1 radical (unpaired) electrons. The van der Waals surface area contributed by atoms with Crippen molar-refractivity contribution in [2.24, 2.45) is 0 Å². The van der Waals surface area contributed by atoms with Crippen LogP contribution in [0.4, 0.5) is 0 Å². The Morgan fingerprint density at radius 2 is 1.22 bits per heavy atom. The van der Waals surface area contributed by atoms with Gasteiger partial charge in [0.2, 0.25) is 0 Å².